The van der Waals surface area contributed by atoms with E-state index in [4.69, 9.17) is 4.74 Å². The van der Waals surface area contributed by atoms with Crippen LogP contribution in [0.5, 0.6) is 0 Å². The zero-order valence-corrected chi connectivity index (χ0v) is 12.3. The predicted octanol–water partition coefficient (Wildman–Crippen LogP) is 0.773. The molecule has 0 aromatic carbocycles. The second-order valence-corrected chi connectivity index (χ2v) is 6.27. The highest BCUT2D eigenvalue weighted by molar-refractivity contribution is 7.15. The van der Waals surface area contributed by atoms with Crippen molar-refractivity contribution in [2.45, 2.75) is 19.0 Å². The van der Waals surface area contributed by atoms with Crippen LogP contribution in [-0.2, 0) is 11.3 Å². The van der Waals surface area contributed by atoms with E-state index < -0.39 is 0 Å². The summed E-state index contributed by atoms with van der Waals surface area (Å²) in [5, 5.41) is 4.36. The van der Waals surface area contributed by atoms with Gasteiger partial charge < -0.3 is 15.0 Å². The Balaban J connectivity index is 1.58. The lowest BCUT2D eigenvalue weighted by Gasteiger charge is -2.32. The summed E-state index contributed by atoms with van der Waals surface area (Å²) in [5.41, 5.74) is 0. The molecule has 0 spiro atoms. The van der Waals surface area contributed by atoms with E-state index >= 15 is 0 Å². The van der Waals surface area contributed by atoms with Crippen molar-refractivity contribution < 1.29 is 4.74 Å². The number of anilines is 1. The van der Waals surface area contributed by atoms with Gasteiger partial charge in [0, 0.05) is 49.8 Å². The number of thiazole rings is 1. The number of hydrogen-bond acceptors (Lipinski definition) is 6. The van der Waals surface area contributed by atoms with E-state index in [1.54, 1.807) is 0 Å². The highest BCUT2D eigenvalue weighted by atomic mass is 32.1. The van der Waals surface area contributed by atoms with Crippen LogP contribution in [0.3, 0.4) is 0 Å². The molecule has 2 fully saturated rings. The molecule has 106 valence electrons. The molecule has 0 saturated carbocycles. The van der Waals surface area contributed by atoms with Gasteiger partial charge in [-0.25, -0.2) is 4.98 Å². The first-order valence-electron chi connectivity index (χ1n) is 7.03. The Hall–Kier alpha value is -0.690. The molecule has 19 heavy (non-hydrogen) atoms. The SMILES string of the molecule is CNCc1cnc(N2CCC(N3CCOCC3)C2)s1. The second kappa shape index (κ2) is 6.17. The van der Waals surface area contributed by atoms with Crippen molar-refractivity contribution in [2.24, 2.45) is 0 Å². The van der Waals surface area contributed by atoms with Gasteiger partial charge in [0.05, 0.1) is 13.2 Å². The van der Waals surface area contributed by atoms with Gasteiger partial charge in [0.1, 0.15) is 0 Å². The maximum absolute atomic E-state index is 5.43. The number of morpholine rings is 1. The molecule has 5 nitrogen and oxygen atoms in total. The Labute approximate surface area is 118 Å². The lowest BCUT2D eigenvalue weighted by Crippen LogP contribution is -2.44. The third-order valence-electron chi connectivity index (χ3n) is 3.89. The topological polar surface area (TPSA) is 40.6 Å². The van der Waals surface area contributed by atoms with Gasteiger partial charge in [-0.1, -0.05) is 0 Å². The molecule has 0 bridgehead atoms. The summed E-state index contributed by atoms with van der Waals surface area (Å²) in [4.78, 5) is 10.9. The van der Waals surface area contributed by atoms with Gasteiger partial charge in [-0.05, 0) is 13.5 Å². The van der Waals surface area contributed by atoms with Crippen LogP contribution in [0, 0.1) is 0 Å². The van der Waals surface area contributed by atoms with Gasteiger partial charge in [-0.3, -0.25) is 4.90 Å². The monoisotopic (exact) mass is 282 g/mol. The average molecular weight is 282 g/mol. The Kier molecular flexibility index (Phi) is 4.32. The molecule has 1 aromatic heterocycles. The maximum Gasteiger partial charge on any atom is 0.185 e. The zero-order valence-electron chi connectivity index (χ0n) is 11.5. The number of nitrogens with one attached hydrogen (secondary N) is 1. The molecule has 1 N–H and O–H groups in total. The molecule has 0 aliphatic carbocycles. The number of aromatic nitrogens is 1. The van der Waals surface area contributed by atoms with Crippen molar-refractivity contribution in [3.63, 3.8) is 0 Å². The molecule has 1 aromatic rings. The van der Waals surface area contributed by atoms with Crippen molar-refractivity contribution in [3.05, 3.63) is 11.1 Å². The van der Waals surface area contributed by atoms with Crippen molar-refractivity contribution in [3.8, 4) is 0 Å². The zero-order chi connectivity index (χ0) is 13.1. The molecule has 0 radical (unpaired) electrons. The molecule has 2 aliphatic rings. The number of rotatable bonds is 4. The minimum absolute atomic E-state index is 0.681. The van der Waals surface area contributed by atoms with Crippen molar-refractivity contribution in [1.82, 2.24) is 15.2 Å². The summed E-state index contributed by atoms with van der Waals surface area (Å²) in [6, 6.07) is 0.681. The minimum Gasteiger partial charge on any atom is -0.379 e. The first-order chi connectivity index (χ1) is 9.36. The maximum atomic E-state index is 5.43. The number of nitrogens with zero attached hydrogens (tertiary/aromatic N) is 3. The van der Waals surface area contributed by atoms with Crippen molar-refractivity contribution in [2.75, 3.05) is 51.3 Å². The Bertz CT molecular complexity index is 405. The van der Waals surface area contributed by atoms with Gasteiger partial charge in [-0.2, -0.15) is 0 Å². The van der Waals surface area contributed by atoms with Crippen LogP contribution >= 0.6 is 11.3 Å². The summed E-state index contributed by atoms with van der Waals surface area (Å²) in [5.74, 6) is 0. The van der Waals surface area contributed by atoms with E-state index in [2.05, 4.69) is 20.1 Å². The third kappa shape index (κ3) is 3.08. The molecule has 3 heterocycles. The lowest BCUT2D eigenvalue weighted by atomic mass is 10.2. The molecule has 3 rings (SSSR count). The van der Waals surface area contributed by atoms with E-state index in [0.29, 0.717) is 6.04 Å². The van der Waals surface area contributed by atoms with E-state index in [0.717, 1.165) is 45.9 Å². The molecule has 6 heteroatoms. The fourth-order valence-electron chi connectivity index (χ4n) is 2.86. The van der Waals surface area contributed by atoms with Crippen LogP contribution in [0.1, 0.15) is 11.3 Å². The minimum atomic E-state index is 0.681. The van der Waals surface area contributed by atoms with Crippen LogP contribution in [-0.4, -0.2) is 62.4 Å². The van der Waals surface area contributed by atoms with Gasteiger partial charge in [0.15, 0.2) is 5.13 Å². The van der Waals surface area contributed by atoms with E-state index in [1.807, 2.05) is 24.6 Å². The predicted molar refractivity (Wildman–Crippen MR) is 77.9 cm³/mol. The molecule has 0 amide bonds. The van der Waals surface area contributed by atoms with E-state index in [1.165, 1.54) is 16.4 Å². The van der Waals surface area contributed by atoms with Gasteiger partial charge in [-0.15, -0.1) is 11.3 Å². The molecule has 1 unspecified atom stereocenters. The highest BCUT2D eigenvalue weighted by Gasteiger charge is 2.29. The van der Waals surface area contributed by atoms with Crippen LogP contribution in [0.25, 0.3) is 0 Å². The van der Waals surface area contributed by atoms with E-state index in [9.17, 15) is 0 Å². The Morgan fingerprint density at radius 2 is 2.26 bits per heavy atom. The van der Waals surface area contributed by atoms with Crippen LogP contribution in [0.15, 0.2) is 6.20 Å². The van der Waals surface area contributed by atoms with E-state index in [-0.39, 0.29) is 0 Å². The molecule has 2 aliphatic heterocycles. The normalized spacial score (nSPS) is 25.1. The Morgan fingerprint density at radius 3 is 3.05 bits per heavy atom. The highest BCUT2D eigenvalue weighted by Crippen LogP contribution is 2.27. The number of ether oxygens (including phenoxy) is 1. The Morgan fingerprint density at radius 1 is 1.42 bits per heavy atom. The summed E-state index contributed by atoms with van der Waals surface area (Å²) in [6.07, 6.45) is 3.25. The first kappa shape index (κ1) is 13.3. The summed E-state index contributed by atoms with van der Waals surface area (Å²) >= 11 is 1.81. The van der Waals surface area contributed by atoms with Gasteiger partial charge in [0.2, 0.25) is 0 Å². The summed E-state index contributed by atoms with van der Waals surface area (Å²) in [7, 11) is 1.98. The summed E-state index contributed by atoms with van der Waals surface area (Å²) in [6.45, 7) is 7.11. The van der Waals surface area contributed by atoms with Gasteiger partial charge >= 0.3 is 0 Å². The fraction of sp³-hybridized carbons (Fsp3) is 0.769. The molecule has 1 atom stereocenters. The first-order valence-corrected chi connectivity index (χ1v) is 7.84. The third-order valence-corrected chi connectivity index (χ3v) is 4.95. The van der Waals surface area contributed by atoms with Crippen LogP contribution in [0.2, 0.25) is 0 Å². The standard InChI is InChI=1S/C13H22N4OS/c1-14-8-12-9-15-13(19-12)17-3-2-11(10-17)16-4-6-18-7-5-16/h9,11,14H,2-8,10H2,1H3. The molecular weight excluding hydrogens is 260 g/mol. The second-order valence-electron chi connectivity index (χ2n) is 5.18. The quantitative estimate of drug-likeness (QED) is 0.883. The summed E-state index contributed by atoms with van der Waals surface area (Å²) < 4.78 is 5.43. The average Bonchev–Trinajstić information content (AvgIpc) is 3.08. The lowest BCUT2D eigenvalue weighted by molar-refractivity contribution is 0.0209. The van der Waals surface area contributed by atoms with Gasteiger partial charge in [0.25, 0.3) is 0 Å². The van der Waals surface area contributed by atoms with Crippen LogP contribution in [0.4, 0.5) is 5.13 Å². The largest absolute Gasteiger partial charge is 0.379 e. The molecular formula is C13H22N4OS. The fourth-order valence-corrected chi connectivity index (χ4v) is 3.81. The number of hydrogen-bond donors (Lipinski definition) is 1. The van der Waals surface area contributed by atoms with Crippen molar-refractivity contribution >= 4 is 16.5 Å². The molecule has 2 saturated heterocycles. The smallest absolute Gasteiger partial charge is 0.185 e. The van der Waals surface area contributed by atoms with Crippen molar-refractivity contribution in [1.29, 1.82) is 0 Å². The van der Waals surface area contributed by atoms with Crippen LogP contribution < -0.4 is 10.2 Å².